The van der Waals surface area contributed by atoms with E-state index in [2.05, 4.69) is 0 Å². The fourth-order valence-electron chi connectivity index (χ4n) is 4.31. The summed E-state index contributed by atoms with van der Waals surface area (Å²) in [6, 6.07) is 3.62. The normalized spacial score (nSPS) is 16.7. The number of hydrogen-bond acceptors (Lipinski definition) is 8. The van der Waals surface area contributed by atoms with Crippen LogP contribution in [0.15, 0.2) is 27.1 Å². The van der Waals surface area contributed by atoms with Gasteiger partial charge in [0.1, 0.15) is 18.1 Å². The van der Waals surface area contributed by atoms with Crippen molar-refractivity contribution in [3.05, 3.63) is 43.2 Å². The van der Waals surface area contributed by atoms with Gasteiger partial charge in [-0.3, -0.25) is 19.0 Å². The fourth-order valence-corrected chi connectivity index (χ4v) is 5.01. The standard InChI is InChI=1S/C22H30N6O5S/c1-2-5-27-19(23)18(25-10-12-33-13-11-25)21(31)28(22(27)32)15-17(29)24-6-8-26(9-7-24)20(30)16-4-3-14-34-16/h3-4,14H,2,5-13,15,23H2,1H3. The molecule has 2 fully saturated rings. The quantitative estimate of drug-likeness (QED) is 0.599. The van der Waals surface area contributed by atoms with Crippen molar-refractivity contribution in [3.63, 3.8) is 0 Å². The van der Waals surface area contributed by atoms with Gasteiger partial charge in [-0.25, -0.2) is 9.36 Å². The molecule has 0 aliphatic carbocycles. The monoisotopic (exact) mass is 490 g/mol. The number of aromatic nitrogens is 2. The summed E-state index contributed by atoms with van der Waals surface area (Å²) in [6.07, 6.45) is 0.652. The van der Waals surface area contributed by atoms with E-state index in [1.165, 1.54) is 15.9 Å². The van der Waals surface area contributed by atoms with Gasteiger partial charge < -0.3 is 25.2 Å². The zero-order chi connectivity index (χ0) is 24.2. The lowest BCUT2D eigenvalue weighted by atomic mass is 10.2. The van der Waals surface area contributed by atoms with E-state index in [4.69, 9.17) is 10.5 Å². The zero-order valence-corrected chi connectivity index (χ0v) is 20.1. The van der Waals surface area contributed by atoms with Gasteiger partial charge in [0.25, 0.3) is 11.5 Å². The van der Waals surface area contributed by atoms with Gasteiger partial charge in [-0.15, -0.1) is 11.3 Å². The molecule has 4 rings (SSSR count). The first-order valence-electron chi connectivity index (χ1n) is 11.5. The average molecular weight is 491 g/mol. The summed E-state index contributed by atoms with van der Waals surface area (Å²) in [4.78, 5) is 57.9. The third-order valence-corrected chi connectivity index (χ3v) is 7.02. The molecule has 2 amide bonds. The number of thiophene rings is 1. The van der Waals surface area contributed by atoms with Crippen molar-refractivity contribution in [2.24, 2.45) is 0 Å². The van der Waals surface area contributed by atoms with E-state index < -0.39 is 11.2 Å². The van der Waals surface area contributed by atoms with E-state index in [9.17, 15) is 19.2 Å². The number of nitrogens with zero attached hydrogens (tertiary/aromatic N) is 5. The molecule has 2 N–H and O–H groups in total. The third kappa shape index (κ3) is 4.73. The summed E-state index contributed by atoms with van der Waals surface area (Å²) in [7, 11) is 0. The fraction of sp³-hybridized carbons (Fsp3) is 0.545. The van der Waals surface area contributed by atoms with Crippen LogP contribution in [0.4, 0.5) is 11.5 Å². The van der Waals surface area contributed by atoms with Crippen LogP contribution in [0.25, 0.3) is 0 Å². The molecule has 0 saturated carbocycles. The molecule has 4 heterocycles. The molecule has 0 unspecified atom stereocenters. The van der Waals surface area contributed by atoms with Crippen molar-refractivity contribution >= 4 is 34.7 Å². The summed E-state index contributed by atoms with van der Waals surface area (Å²) in [6.45, 7) is 5.28. The number of hydrogen-bond donors (Lipinski definition) is 1. The number of nitrogen functional groups attached to an aromatic ring is 1. The highest BCUT2D eigenvalue weighted by Gasteiger charge is 2.28. The number of rotatable bonds is 6. The van der Waals surface area contributed by atoms with Crippen LogP contribution in [0.1, 0.15) is 23.0 Å². The van der Waals surface area contributed by atoms with Crippen LogP contribution in [0.5, 0.6) is 0 Å². The molecule has 0 aromatic carbocycles. The second-order valence-electron chi connectivity index (χ2n) is 8.31. The summed E-state index contributed by atoms with van der Waals surface area (Å²) in [5, 5.41) is 1.86. The van der Waals surface area contributed by atoms with E-state index >= 15 is 0 Å². The number of piperazine rings is 1. The van der Waals surface area contributed by atoms with Crippen molar-refractivity contribution in [1.29, 1.82) is 0 Å². The van der Waals surface area contributed by atoms with E-state index in [-0.39, 0.29) is 29.9 Å². The second kappa shape index (κ2) is 10.4. The molecule has 11 nitrogen and oxygen atoms in total. The maximum atomic E-state index is 13.3. The summed E-state index contributed by atoms with van der Waals surface area (Å²) < 4.78 is 7.74. The summed E-state index contributed by atoms with van der Waals surface area (Å²) in [5.74, 6) is -0.249. The zero-order valence-electron chi connectivity index (χ0n) is 19.3. The molecule has 12 heteroatoms. The Balaban J connectivity index is 1.53. The number of amides is 2. The van der Waals surface area contributed by atoms with Gasteiger partial charge in [-0.05, 0) is 17.9 Å². The molecule has 2 aromatic rings. The minimum absolute atomic E-state index is 0.0468. The Bertz CT molecular complexity index is 1140. The van der Waals surface area contributed by atoms with E-state index in [0.29, 0.717) is 70.3 Å². The lowest BCUT2D eigenvalue weighted by molar-refractivity contribution is -0.133. The topological polar surface area (TPSA) is 123 Å². The maximum Gasteiger partial charge on any atom is 0.333 e. The highest BCUT2D eigenvalue weighted by atomic mass is 32.1. The molecule has 2 aliphatic heterocycles. The van der Waals surface area contributed by atoms with Crippen LogP contribution in [0.2, 0.25) is 0 Å². The molecule has 2 aliphatic rings. The van der Waals surface area contributed by atoms with Gasteiger partial charge in [-0.2, -0.15) is 0 Å². The van der Waals surface area contributed by atoms with Crippen LogP contribution < -0.4 is 21.9 Å². The Labute approximate surface area is 200 Å². The van der Waals surface area contributed by atoms with Crippen LogP contribution in [0.3, 0.4) is 0 Å². The van der Waals surface area contributed by atoms with E-state index in [0.717, 1.165) is 4.57 Å². The molecule has 0 bridgehead atoms. The Morgan fingerprint density at radius 2 is 1.71 bits per heavy atom. The first-order valence-corrected chi connectivity index (χ1v) is 12.4. The van der Waals surface area contributed by atoms with Gasteiger partial charge in [0, 0.05) is 45.8 Å². The molecular weight excluding hydrogens is 460 g/mol. The Kier molecular flexibility index (Phi) is 7.37. The molecule has 0 atom stereocenters. The SMILES string of the molecule is CCCn1c(N)c(N2CCOCC2)c(=O)n(CC(=O)N2CCN(C(=O)c3cccs3)CC2)c1=O. The van der Waals surface area contributed by atoms with Crippen molar-refractivity contribution < 1.29 is 14.3 Å². The molecule has 2 aromatic heterocycles. The Morgan fingerprint density at radius 3 is 2.32 bits per heavy atom. The van der Waals surface area contributed by atoms with Crippen LogP contribution in [0, 0.1) is 0 Å². The largest absolute Gasteiger partial charge is 0.383 e. The van der Waals surface area contributed by atoms with Crippen LogP contribution in [-0.4, -0.2) is 83.2 Å². The number of ether oxygens (including phenoxy) is 1. The molecule has 34 heavy (non-hydrogen) atoms. The number of carbonyl (C=O) groups is 2. The van der Waals surface area contributed by atoms with E-state index in [1.54, 1.807) is 15.9 Å². The van der Waals surface area contributed by atoms with Gasteiger partial charge >= 0.3 is 5.69 Å². The van der Waals surface area contributed by atoms with Crippen LogP contribution >= 0.6 is 11.3 Å². The predicted octanol–water partition coefficient (Wildman–Crippen LogP) is -0.115. The Hall–Kier alpha value is -3.12. The third-order valence-electron chi connectivity index (χ3n) is 6.16. The van der Waals surface area contributed by atoms with Crippen molar-refractivity contribution in [1.82, 2.24) is 18.9 Å². The molecule has 0 radical (unpaired) electrons. The molecule has 0 spiro atoms. The number of carbonyl (C=O) groups excluding carboxylic acids is 2. The Morgan fingerprint density at radius 1 is 1.03 bits per heavy atom. The van der Waals surface area contributed by atoms with E-state index in [1.807, 2.05) is 23.3 Å². The number of morpholine rings is 1. The minimum atomic E-state index is -0.582. The average Bonchev–Trinajstić information content (AvgIpc) is 3.40. The molecule has 2 saturated heterocycles. The van der Waals surface area contributed by atoms with Crippen LogP contribution in [-0.2, 0) is 22.6 Å². The lowest BCUT2D eigenvalue weighted by Crippen LogP contribution is -2.53. The second-order valence-corrected chi connectivity index (χ2v) is 9.26. The number of nitrogens with two attached hydrogens (primary N) is 1. The summed E-state index contributed by atoms with van der Waals surface area (Å²) >= 11 is 1.39. The molecular formula is C22H30N6O5S. The smallest absolute Gasteiger partial charge is 0.333 e. The minimum Gasteiger partial charge on any atom is -0.383 e. The van der Waals surface area contributed by atoms with Crippen molar-refractivity contribution in [2.45, 2.75) is 26.4 Å². The highest BCUT2D eigenvalue weighted by molar-refractivity contribution is 7.12. The van der Waals surface area contributed by atoms with Crippen molar-refractivity contribution in [2.75, 3.05) is 63.1 Å². The molecule has 184 valence electrons. The van der Waals surface area contributed by atoms with Gasteiger partial charge in [-0.1, -0.05) is 13.0 Å². The first kappa shape index (κ1) is 24.0. The highest BCUT2D eigenvalue weighted by Crippen LogP contribution is 2.19. The maximum absolute atomic E-state index is 13.3. The summed E-state index contributed by atoms with van der Waals surface area (Å²) in [5.41, 5.74) is 5.37. The number of anilines is 2. The lowest BCUT2D eigenvalue weighted by Gasteiger charge is -2.35. The first-order chi connectivity index (χ1) is 16.4. The van der Waals surface area contributed by atoms with Crippen molar-refractivity contribution in [3.8, 4) is 0 Å². The van der Waals surface area contributed by atoms with Gasteiger partial charge in [0.05, 0.1) is 18.1 Å². The van der Waals surface area contributed by atoms with Gasteiger partial charge in [0.15, 0.2) is 0 Å². The van der Waals surface area contributed by atoms with Gasteiger partial charge in [0.2, 0.25) is 5.91 Å². The predicted molar refractivity (Wildman–Crippen MR) is 129 cm³/mol.